The quantitative estimate of drug-likeness (QED) is 0.927. The summed E-state index contributed by atoms with van der Waals surface area (Å²) in [6.45, 7) is 8.42. The number of fused-ring (bicyclic) bond motifs is 1. The first-order valence-corrected chi connectivity index (χ1v) is 10.2. The Labute approximate surface area is 143 Å². The van der Waals surface area contributed by atoms with E-state index in [-0.39, 0.29) is 23.5 Å². The third-order valence-electron chi connectivity index (χ3n) is 5.09. The third kappa shape index (κ3) is 2.73. The summed E-state index contributed by atoms with van der Waals surface area (Å²) in [5, 5.41) is 1.09. The number of hydrogen-bond donors (Lipinski definition) is 1. The summed E-state index contributed by atoms with van der Waals surface area (Å²) in [6, 6.07) is 3.89. The molecular weight excluding hydrogens is 324 g/mol. The second kappa shape index (κ2) is 5.92. The Morgan fingerprint density at radius 1 is 1.25 bits per heavy atom. The molecule has 130 valence electrons. The summed E-state index contributed by atoms with van der Waals surface area (Å²) in [4.78, 5) is 18.1. The van der Waals surface area contributed by atoms with Gasteiger partial charge < -0.3 is 9.88 Å². The normalized spacial score (nSPS) is 19.8. The SMILES string of the molecule is CCN(C(=O)c1[nH]c2c(C)ccc(C)c2c1C)C1CCS(=O)(=O)C1. The number of nitrogens with one attached hydrogen (secondary N) is 1. The van der Waals surface area contributed by atoms with Gasteiger partial charge in [-0.25, -0.2) is 8.42 Å². The lowest BCUT2D eigenvalue weighted by molar-refractivity contribution is 0.0702. The lowest BCUT2D eigenvalue weighted by atomic mass is 10.0. The highest BCUT2D eigenvalue weighted by Crippen LogP contribution is 2.29. The molecule has 0 aliphatic carbocycles. The zero-order valence-corrected chi connectivity index (χ0v) is 15.5. The van der Waals surface area contributed by atoms with Crippen molar-refractivity contribution in [1.82, 2.24) is 9.88 Å². The van der Waals surface area contributed by atoms with E-state index in [9.17, 15) is 13.2 Å². The summed E-state index contributed by atoms with van der Waals surface area (Å²) < 4.78 is 23.5. The van der Waals surface area contributed by atoms with Gasteiger partial charge >= 0.3 is 0 Å². The Balaban J connectivity index is 2.03. The van der Waals surface area contributed by atoms with Gasteiger partial charge in [0.2, 0.25) is 0 Å². The number of benzene rings is 1. The summed E-state index contributed by atoms with van der Waals surface area (Å²) in [7, 11) is -3.02. The highest BCUT2D eigenvalue weighted by atomic mass is 32.2. The molecular formula is C18H24N2O3S. The molecule has 3 rings (SSSR count). The van der Waals surface area contributed by atoms with E-state index in [0.717, 1.165) is 27.6 Å². The van der Waals surface area contributed by atoms with Crippen LogP contribution in [0.4, 0.5) is 0 Å². The van der Waals surface area contributed by atoms with Gasteiger partial charge in [0.25, 0.3) is 5.91 Å². The van der Waals surface area contributed by atoms with E-state index in [1.54, 1.807) is 4.90 Å². The first kappa shape index (κ1) is 17.0. The highest BCUT2D eigenvalue weighted by Gasteiger charge is 2.35. The van der Waals surface area contributed by atoms with Crippen molar-refractivity contribution in [3.05, 3.63) is 34.5 Å². The smallest absolute Gasteiger partial charge is 0.270 e. The number of hydrogen-bond acceptors (Lipinski definition) is 3. The fourth-order valence-electron chi connectivity index (χ4n) is 3.75. The molecule has 0 spiro atoms. The molecule has 1 atom stereocenters. The number of aromatic nitrogens is 1. The van der Waals surface area contributed by atoms with Crippen molar-refractivity contribution >= 4 is 26.6 Å². The van der Waals surface area contributed by atoms with Crippen molar-refractivity contribution in [3.63, 3.8) is 0 Å². The van der Waals surface area contributed by atoms with E-state index in [2.05, 4.69) is 11.1 Å². The summed E-state index contributed by atoms with van der Waals surface area (Å²) >= 11 is 0. The molecule has 1 aliphatic rings. The molecule has 1 aliphatic heterocycles. The van der Waals surface area contributed by atoms with Gasteiger partial charge in [0.05, 0.1) is 11.5 Å². The van der Waals surface area contributed by atoms with Gasteiger partial charge in [-0.2, -0.15) is 0 Å². The van der Waals surface area contributed by atoms with Crippen LogP contribution in [-0.2, 0) is 9.84 Å². The van der Waals surface area contributed by atoms with Crippen LogP contribution in [0.15, 0.2) is 12.1 Å². The summed E-state index contributed by atoms with van der Waals surface area (Å²) in [6.07, 6.45) is 0.527. The maximum Gasteiger partial charge on any atom is 0.270 e. The number of carbonyl (C=O) groups excluding carboxylic acids is 1. The van der Waals surface area contributed by atoms with E-state index < -0.39 is 9.84 Å². The fourth-order valence-corrected chi connectivity index (χ4v) is 5.48. The molecule has 1 fully saturated rings. The summed E-state index contributed by atoms with van der Waals surface area (Å²) in [5.74, 6) is 0.141. The Kier molecular flexibility index (Phi) is 4.20. The minimum atomic E-state index is -3.02. The van der Waals surface area contributed by atoms with Crippen molar-refractivity contribution in [2.75, 3.05) is 18.1 Å². The largest absolute Gasteiger partial charge is 0.350 e. The average Bonchev–Trinajstić information content (AvgIpc) is 3.05. The lowest BCUT2D eigenvalue weighted by Crippen LogP contribution is -2.41. The zero-order valence-electron chi connectivity index (χ0n) is 14.6. The molecule has 0 radical (unpaired) electrons. The molecule has 1 aromatic heterocycles. The Bertz CT molecular complexity index is 912. The van der Waals surface area contributed by atoms with Gasteiger partial charge in [-0.05, 0) is 50.8 Å². The predicted octanol–water partition coefficient (Wildman–Crippen LogP) is 2.74. The van der Waals surface area contributed by atoms with Gasteiger partial charge in [0.15, 0.2) is 9.84 Å². The van der Waals surface area contributed by atoms with Crippen LogP contribution in [-0.4, -0.2) is 48.3 Å². The standard InChI is InChI=1S/C18H24N2O3S/c1-5-20(14-8-9-24(22,23)10-14)18(21)17-13(4)15-11(2)6-7-12(3)16(15)19-17/h6-7,14,19H,5,8-10H2,1-4H3. The van der Waals surface area contributed by atoms with Gasteiger partial charge in [-0.3, -0.25) is 4.79 Å². The van der Waals surface area contributed by atoms with Crippen LogP contribution in [0.25, 0.3) is 10.9 Å². The number of sulfone groups is 1. The van der Waals surface area contributed by atoms with Crippen molar-refractivity contribution in [1.29, 1.82) is 0 Å². The molecule has 5 nitrogen and oxygen atoms in total. The third-order valence-corrected chi connectivity index (χ3v) is 6.84. The molecule has 0 saturated carbocycles. The van der Waals surface area contributed by atoms with Gasteiger partial charge in [-0.15, -0.1) is 0 Å². The van der Waals surface area contributed by atoms with Crippen molar-refractivity contribution < 1.29 is 13.2 Å². The van der Waals surface area contributed by atoms with Crippen LogP contribution in [0.2, 0.25) is 0 Å². The maximum atomic E-state index is 13.1. The first-order chi connectivity index (χ1) is 11.2. The number of carbonyl (C=O) groups is 1. The Morgan fingerprint density at radius 3 is 2.46 bits per heavy atom. The number of aryl methyl sites for hydroxylation is 3. The molecule has 2 aromatic rings. The van der Waals surface area contributed by atoms with E-state index in [0.29, 0.717) is 18.7 Å². The van der Waals surface area contributed by atoms with Crippen molar-refractivity contribution in [3.8, 4) is 0 Å². The fraction of sp³-hybridized carbons (Fsp3) is 0.500. The molecule has 0 bridgehead atoms. The average molecular weight is 348 g/mol. The van der Waals surface area contributed by atoms with Gasteiger partial charge in [-0.1, -0.05) is 12.1 Å². The van der Waals surface area contributed by atoms with Crippen LogP contribution in [0.1, 0.15) is 40.5 Å². The molecule has 1 amide bonds. The van der Waals surface area contributed by atoms with Gasteiger partial charge in [0, 0.05) is 23.5 Å². The topological polar surface area (TPSA) is 70.2 Å². The predicted molar refractivity (Wildman–Crippen MR) is 96.3 cm³/mol. The second-order valence-electron chi connectivity index (χ2n) is 6.72. The van der Waals surface area contributed by atoms with Crippen LogP contribution in [0, 0.1) is 20.8 Å². The second-order valence-corrected chi connectivity index (χ2v) is 8.95. The molecule has 1 aromatic carbocycles. The first-order valence-electron chi connectivity index (χ1n) is 8.35. The van der Waals surface area contributed by atoms with Crippen LogP contribution < -0.4 is 0 Å². The number of nitrogens with zero attached hydrogens (tertiary/aromatic N) is 1. The highest BCUT2D eigenvalue weighted by molar-refractivity contribution is 7.91. The monoisotopic (exact) mass is 348 g/mol. The van der Waals surface area contributed by atoms with Crippen LogP contribution in [0.5, 0.6) is 0 Å². The van der Waals surface area contributed by atoms with E-state index in [1.807, 2.05) is 33.8 Å². The lowest BCUT2D eigenvalue weighted by Gasteiger charge is -2.26. The van der Waals surface area contributed by atoms with Crippen molar-refractivity contribution in [2.24, 2.45) is 0 Å². The number of aromatic amines is 1. The zero-order chi connectivity index (χ0) is 17.6. The summed E-state index contributed by atoms with van der Waals surface area (Å²) in [5.41, 5.74) is 4.74. The van der Waals surface area contributed by atoms with Crippen LogP contribution in [0.3, 0.4) is 0 Å². The van der Waals surface area contributed by atoms with E-state index >= 15 is 0 Å². The van der Waals surface area contributed by atoms with E-state index in [1.165, 1.54) is 0 Å². The molecule has 2 heterocycles. The minimum Gasteiger partial charge on any atom is -0.350 e. The Morgan fingerprint density at radius 2 is 1.92 bits per heavy atom. The maximum absolute atomic E-state index is 13.1. The van der Waals surface area contributed by atoms with Gasteiger partial charge in [0.1, 0.15) is 5.69 Å². The molecule has 1 unspecified atom stereocenters. The number of amides is 1. The number of rotatable bonds is 3. The molecule has 24 heavy (non-hydrogen) atoms. The molecule has 6 heteroatoms. The van der Waals surface area contributed by atoms with Crippen LogP contribution >= 0.6 is 0 Å². The Hall–Kier alpha value is -1.82. The molecule has 1 N–H and O–H groups in total. The number of H-pyrrole nitrogens is 1. The minimum absolute atomic E-state index is 0.0733. The van der Waals surface area contributed by atoms with Crippen molar-refractivity contribution in [2.45, 2.75) is 40.2 Å². The van der Waals surface area contributed by atoms with E-state index in [4.69, 9.17) is 0 Å². The molecule has 1 saturated heterocycles.